The average Bonchev–Trinajstić information content (AvgIpc) is 2.15. The van der Waals surface area contributed by atoms with Gasteiger partial charge in [0.2, 0.25) is 0 Å². The van der Waals surface area contributed by atoms with Crippen molar-refractivity contribution in [2.75, 3.05) is 13.2 Å². The minimum atomic E-state index is -0.467. The van der Waals surface area contributed by atoms with Crippen molar-refractivity contribution in [3.8, 4) is 0 Å². The predicted molar refractivity (Wildman–Crippen MR) is 30.7 cm³/mol. The number of esters is 1. The fourth-order valence-corrected chi connectivity index (χ4v) is 0.792. The van der Waals surface area contributed by atoms with Crippen molar-refractivity contribution in [1.82, 2.24) is 0 Å². The molecule has 0 spiro atoms. The highest BCUT2D eigenvalue weighted by atomic mass is 16.6. The summed E-state index contributed by atoms with van der Waals surface area (Å²) < 4.78 is 9.69. The van der Waals surface area contributed by atoms with Crippen molar-refractivity contribution in [1.29, 1.82) is 0 Å². The van der Waals surface area contributed by atoms with Gasteiger partial charge in [0.1, 0.15) is 6.10 Å². The van der Waals surface area contributed by atoms with Gasteiger partial charge >= 0.3 is 5.97 Å². The van der Waals surface area contributed by atoms with Crippen LogP contribution in [0.2, 0.25) is 0 Å². The van der Waals surface area contributed by atoms with Crippen molar-refractivity contribution in [3.05, 3.63) is 6.92 Å². The van der Waals surface area contributed by atoms with Crippen LogP contribution >= 0.6 is 0 Å². The van der Waals surface area contributed by atoms with Gasteiger partial charge in [0.05, 0.1) is 20.1 Å². The third-order valence-corrected chi connectivity index (χ3v) is 1.19. The van der Waals surface area contributed by atoms with Crippen LogP contribution in [0.1, 0.15) is 6.42 Å². The SMILES string of the molecule is [CH2]C(=O)OC1CCOC1. The molecule has 0 aromatic heterocycles. The summed E-state index contributed by atoms with van der Waals surface area (Å²) in [7, 11) is 0. The van der Waals surface area contributed by atoms with Crippen molar-refractivity contribution in [3.63, 3.8) is 0 Å². The smallest absolute Gasteiger partial charge is 0.306 e. The molecule has 0 bridgehead atoms. The molecule has 0 N–H and O–H groups in total. The number of ether oxygens (including phenoxy) is 2. The second kappa shape index (κ2) is 2.82. The monoisotopic (exact) mass is 129 g/mol. The molecule has 1 heterocycles. The van der Waals surface area contributed by atoms with Crippen LogP contribution in [-0.4, -0.2) is 25.3 Å². The van der Waals surface area contributed by atoms with E-state index < -0.39 is 5.97 Å². The van der Waals surface area contributed by atoms with E-state index in [1.807, 2.05) is 0 Å². The normalized spacial score (nSPS) is 26.1. The Bertz CT molecular complexity index is 105. The molecule has 0 amide bonds. The highest BCUT2D eigenvalue weighted by Gasteiger charge is 2.17. The maximum Gasteiger partial charge on any atom is 0.306 e. The molecule has 0 saturated carbocycles. The van der Waals surface area contributed by atoms with Gasteiger partial charge in [-0.1, -0.05) is 0 Å². The Kier molecular flexibility index (Phi) is 2.05. The third kappa shape index (κ3) is 2.01. The molecule has 0 aliphatic carbocycles. The van der Waals surface area contributed by atoms with E-state index in [0.29, 0.717) is 13.2 Å². The van der Waals surface area contributed by atoms with Crippen LogP contribution in [0.15, 0.2) is 0 Å². The minimum Gasteiger partial charge on any atom is -0.460 e. The summed E-state index contributed by atoms with van der Waals surface area (Å²) in [6.07, 6.45) is 0.761. The van der Waals surface area contributed by atoms with Crippen LogP contribution in [-0.2, 0) is 14.3 Å². The maximum atomic E-state index is 10.2. The second-order valence-electron chi connectivity index (χ2n) is 1.98. The Balaban J connectivity index is 2.19. The molecule has 0 aromatic carbocycles. The van der Waals surface area contributed by atoms with Gasteiger partial charge in [-0.25, -0.2) is 0 Å². The number of hydrogen-bond acceptors (Lipinski definition) is 3. The van der Waals surface area contributed by atoms with Gasteiger partial charge in [-0.15, -0.1) is 0 Å². The minimum absolute atomic E-state index is 0.0463. The van der Waals surface area contributed by atoms with Crippen LogP contribution in [0.25, 0.3) is 0 Å². The van der Waals surface area contributed by atoms with E-state index in [1.54, 1.807) is 0 Å². The Morgan fingerprint density at radius 1 is 1.78 bits per heavy atom. The molecule has 3 heteroatoms. The standard InChI is InChI=1S/C6H9O3/c1-5(7)9-6-2-3-8-4-6/h6H,1-4H2. The lowest BCUT2D eigenvalue weighted by Gasteiger charge is -2.05. The van der Waals surface area contributed by atoms with Gasteiger partial charge in [0.15, 0.2) is 0 Å². The molecule has 3 nitrogen and oxygen atoms in total. The average molecular weight is 129 g/mol. The first-order valence-electron chi connectivity index (χ1n) is 2.89. The molecule has 1 rings (SSSR count). The maximum absolute atomic E-state index is 10.2. The summed E-state index contributed by atoms with van der Waals surface area (Å²) in [6, 6.07) is 0. The van der Waals surface area contributed by atoms with Crippen LogP contribution in [0.4, 0.5) is 0 Å². The van der Waals surface area contributed by atoms with E-state index in [2.05, 4.69) is 6.92 Å². The fraction of sp³-hybridized carbons (Fsp3) is 0.667. The van der Waals surface area contributed by atoms with Gasteiger partial charge in [0, 0.05) is 6.42 Å². The highest BCUT2D eigenvalue weighted by molar-refractivity contribution is 5.73. The molecule has 1 radical (unpaired) electrons. The fourth-order valence-electron chi connectivity index (χ4n) is 0.792. The van der Waals surface area contributed by atoms with Crippen molar-refractivity contribution in [2.45, 2.75) is 12.5 Å². The molecule has 51 valence electrons. The quantitative estimate of drug-likeness (QED) is 0.473. The first-order chi connectivity index (χ1) is 4.29. The van der Waals surface area contributed by atoms with E-state index in [9.17, 15) is 4.79 Å². The molecule has 1 aliphatic rings. The molecule has 1 unspecified atom stereocenters. The van der Waals surface area contributed by atoms with E-state index in [-0.39, 0.29) is 6.10 Å². The largest absolute Gasteiger partial charge is 0.460 e. The van der Waals surface area contributed by atoms with Crippen LogP contribution in [0.3, 0.4) is 0 Å². The van der Waals surface area contributed by atoms with Gasteiger partial charge < -0.3 is 9.47 Å². The first kappa shape index (κ1) is 6.55. The van der Waals surface area contributed by atoms with Gasteiger partial charge in [-0.3, -0.25) is 4.79 Å². The van der Waals surface area contributed by atoms with E-state index in [4.69, 9.17) is 9.47 Å². The van der Waals surface area contributed by atoms with Crippen molar-refractivity contribution < 1.29 is 14.3 Å². The van der Waals surface area contributed by atoms with Crippen molar-refractivity contribution in [2.24, 2.45) is 0 Å². The Labute approximate surface area is 53.9 Å². The summed E-state index contributed by atoms with van der Waals surface area (Å²) in [5, 5.41) is 0. The zero-order chi connectivity index (χ0) is 6.69. The molecule has 1 atom stereocenters. The summed E-state index contributed by atoms with van der Waals surface area (Å²) in [6.45, 7) is 4.31. The lowest BCUT2D eigenvalue weighted by atomic mass is 10.3. The van der Waals surface area contributed by atoms with Crippen LogP contribution < -0.4 is 0 Å². The molecular weight excluding hydrogens is 120 g/mol. The topological polar surface area (TPSA) is 35.5 Å². The Hall–Kier alpha value is -0.570. The first-order valence-corrected chi connectivity index (χ1v) is 2.89. The molecule has 1 fully saturated rings. The van der Waals surface area contributed by atoms with E-state index >= 15 is 0 Å². The highest BCUT2D eigenvalue weighted by Crippen LogP contribution is 2.07. The second-order valence-corrected chi connectivity index (χ2v) is 1.98. The number of hydrogen-bond donors (Lipinski definition) is 0. The predicted octanol–water partition coefficient (Wildman–Crippen LogP) is 0.153. The number of carbonyl (C=O) groups excluding carboxylic acids is 1. The van der Waals surface area contributed by atoms with Crippen LogP contribution in [0.5, 0.6) is 0 Å². The molecule has 1 saturated heterocycles. The zero-order valence-electron chi connectivity index (χ0n) is 5.13. The molecule has 1 aliphatic heterocycles. The molecular formula is C6H9O3. The molecule has 9 heavy (non-hydrogen) atoms. The summed E-state index contributed by atoms with van der Waals surface area (Å²) in [5.74, 6) is -0.467. The number of rotatable bonds is 1. The van der Waals surface area contributed by atoms with Gasteiger partial charge in [0.25, 0.3) is 0 Å². The van der Waals surface area contributed by atoms with Gasteiger partial charge in [-0.2, -0.15) is 0 Å². The lowest BCUT2D eigenvalue weighted by Crippen LogP contribution is -2.15. The Morgan fingerprint density at radius 2 is 2.56 bits per heavy atom. The van der Waals surface area contributed by atoms with Crippen LogP contribution in [0, 0.1) is 6.92 Å². The van der Waals surface area contributed by atoms with E-state index in [1.165, 1.54) is 0 Å². The summed E-state index contributed by atoms with van der Waals surface area (Å²) in [5.41, 5.74) is 0. The lowest BCUT2D eigenvalue weighted by molar-refractivity contribution is -0.143. The van der Waals surface area contributed by atoms with Gasteiger partial charge in [-0.05, 0) is 0 Å². The zero-order valence-corrected chi connectivity index (χ0v) is 5.13. The number of carbonyl (C=O) groups is 1. The molecule has 0 aromatic rings. The summed E-state index contributed by atoms with van der Waals surface area (Å²) in [4.78, 5) is 10.2. The summed E-state index contributed by atoms with van der Waals surface area (Å²) >= 11 is 0. The van der Waals surface area contributed by atoms with Crippen molar-refractivity contribution >= 4 is 5.97 Å². The Morgan fingerprint density at radius 3 is 3.00 bits per heavy atom. The third-order valence-electron chi connectivity index (χ3n) is 1.19. The van der Waals surface area contributed by atoms with E-state index in [0.717, 1.165) is 6.42 Å².